The van der Waals surface area contributed by atoms with Gasteiger partial charge in [0.05, 0.1) is 17.8 Å². The van der Waals surface area contributed by atoms with Crippen LogP contribution in [0.2, 0.25) is 0 Å². The van der Waals surface area contributed by atoms with Gasteiger partial charge in [-0.25, -0.2) is 4.39 Å². The Morgan fingerprint density at radius 1 is 1.06 bits per heavy atom. The topological polar surface area (TPSA) is 69.2 Å². The fraction of sp³-hybridized carbons (Fsp3) is 0.286. The van der Waals surface area contributed by atoms with E-state index in [2.05, 4.69) is 10.1 Å². The molecule has 6 nitrogen and oxygen atoms in total. The smallest absolute Gasteiger partial charge is 0.368 e. The summed E-state index contributed by atoms with van der Waals surface area (Å²) in [6.45, 7) is 2.72. The Morgan fingerprint density at radius 2 is 1.81 bits per heavy atom. The summed E-state index contributed by atoms with van der Waals surface area (Å²) in [6.07, 6.45) is -4.45. The molecule has 0 atom stereocenters. The summed E-state index contributed by atoms with van der Waals surface area (Å²) in [5.41, 5.74) is 0.0386. The summed E-state index contributed by atoms with van der Waals surface area (Å²) in [6, 6.07) is 11.2. The first-order valence-electron chi connectivity index (χ1n) is 9.51. The van der Waals surface area contributed by atoms with E-state index in [4.69, 9.17) is 4.52 Å². The van der Waals surface area contributed by atoms with E-state index in [9.17, 15) is 22.8 Å². The van der Waals surface area contributed by atoms with Gasteiger partial charge in [-0.1, -0.05) is 23.4 Å². The second-order valence-electron chi connectivity index (χ2n) is 7.10. The van der Waals surface area contributed by atoms with Crippen molar-refractivity contribution >= 4 is 5.69 Å². The Labute approximate surface area is 175 Å². The Morgan fingerprint density at radius 3 is 2.52 bits per heavy atom. The molecule has 1 aromatic heterocycles. The van der Waals surface area contributed by atoms with E-state index in [1.165, 1.54) is 18.2 Å². The van der Waals surface area contributed by atoms with Crippen LogP contribution in [-0.4, -0.2) is 41.2 Å². The van der Waals surface area contributed by atoms with E-state index in [1.807, 2.05) is 15.9 Å². The minimum absolute atomic E-state index is 0.0265. The molecule has 1 fully saturated rings. The Kier molecular flexibility index (Phi) is 5.61. The summed E-state index contributed by atoms with van der Waals surface area (Å²) in [7, 11) is 0. The van der Waals surface area contributed by atoms with Gasteiger partial charge in [-0.3, -0.25) is 4.90 Å². The van der Waals surface area contributed by atoms with Gasteiger partial charge in [0, 0.05) is 31.7 Å². The maximum Gasteiger partial charge on any atom is 0.416 e. The van der Waals surface area contributed by atoms with Crippen LogP contribution in [-0.2, 0) is 12.7 Å². The largest absolute Gasteiger partial charge is 0.416 e. The molecule has 0 amide bonds. The molecule has 0 unspecified atom stereocenters. The van der Waals surface area contributed by atoms with Crippen LogP contribution in [0.25, 0.3) is 11.4 Å². The van der Waals surface area contributed by atoms with Gasteiger partial charge in [0.1, 0.15) is 17.4 Å². The van der Waals surface area contributed by atoms with E-state index in [0.717, 1.165) is 12.1 Å². The summed E-state index contributed by atoms with van der Waals surface area (Å²) >= 11 is 0. The number of rotatable bonds is 4. The number of hydrogen-bond acceptors (Lipinski definition) is 6. The van der Waals surface area contributed by atoms with Gasteiger partial charge in [0.25, 0.3) is 0 Å². The molecule has 1 aliphatic heterocycles. The molecule has 0 saturated carbocycles. The van der Waals surface area contributed by atoms with Crippen LogP contribution in [0.3, 0.4) is 0 Å². The SMILES string of the molecule is N#Cc1c(F)cccc1N1CCN(Cc2nc(-c3cccc(C(F)(F)F)c3)no2)CC1. The van der Waals surface area contributed by atoms with Crippen molar-refractivity contribution in [2.24, 2.45) is 0 Å². The number of alkyl halides is 3. The number of aromatic nitrogens is 2. The molecule has 1 saturated heterocycles. The third-order valence-electron chi connectivity index (χ3n) is 5.09. The summed E-state index contributed by atoms with van der Waals surface area (Å²) in [4.78, 5) is 8.21. The Balaban J connectivity index is 1.40. The Hall–Kier alpha value is -3.45. The molecule has 10 heteroatoms. The van der Waals surface area contributed by atoms with Crippen LogP contribution in [0.5, 0.6) is 0 Å². The highest BCUT2D eigenvalue weighted by molar-refractivity contribution is 5.60. The lowest BCUT2D eigenvalue weighted by Gasteiger charge is -2.35. The minimum atomic E-state index is -4.45. The quantitative estimate of drug-likeness (QED) is 0.580. The summed E-state index contributed by atoms with van der Waals surface area (Å²) < 4.78 is 57.8. The lowest BCUT2D eigenvalue weighted by atomic mass is 10.1. The zero-order chi connectivity index (χ0) is 22.0. The number of anilines is 1. The van der Waals surface area contributed by atoms with E-state index < -0.39 is 17.6 Å². The van der Waals surface area contributed by atoms with Crippen molar-refractivity contribution in [1.82, 2.24) is 15.0 Å². The van der Waals surface area contributed by atoms with E-state index >= 15 is 0 Å². The lowest BCUT2D eigenvalue weighted by molar-refractivity contribution is -0.137. The maximum absolute atomic E-state index is 13.9. The predicted octanol–water partition coefficient (Wildman–Crippen LogP) is 4.09. The van der Waals surface area contributed by atoms with Crippen molar-refractivity contribution in [3.63, 3.8) is 0 Å². The molecule has 0 spiro atoms. The number of piperazine rings is 1. The van der Waals surface area contributed by atoms with Crippen LogP contribution in [0, 0.1) is 17.1 Å². The normalized spacial score (nSPS) is 15.1. The molecule has 0 radical (unpaired) electrons. The molecule has 0 bridgehead atoms. The molecule has 2 heterocycles. The van der Waals surface area contributed by atoms with Crippen molar-refractivity contribution in [2.75, 3.05) is 31.1 Å². The van der Waals surface area contributed by atoms with Crippen molar-refractivity contribution in [2.45, 2.75) is 12.7 Å². The van der Waals surface area contributed by atoms with Crippen molar-refractivity contribution < 1.29 is 22.1 Å². The zero-order valence-electron chi connectivity index (χ0n) is 16.2. The van der Waals surface area contributed by atoms with Gasteiger partial charge in [-0.2, -0.15) is 23.4 Å². The number of nitrogens with zero attached hydrogens (tertiary/aromatic N) is 5. The number of nitriles is 1. The average molecular weight is 431 g/mol. The van der Waals surface area contributed by atoms with Gasteiger partial charge in [-0.15, -0.1) is 0 Å². The van der Waals surface area contributed by atoms with Crippen molar-refractivity contribution in [3.05, 3.63) is 65.3 Å². The first kappa shape index (κ1) is 20.8. The highest BCUT2D eigenvalue weighted by Gasteiger charge is 2.31. The molecule has 160 valence electrons. The fourth-order valence-electron chi connectivity index (χ4n) is 3.50. The van der Waals surface area contributed by atoms with E-state index in [-0.39, 0.29) is 17.0 Å². The number of hydrogen-bond donors (Lipinski definition) is 0. The molecule has 4 rings (SSSR count). The summed E-state index contributed by atoms with van der Waals surface area (Å²) in [5, 5.41) is 13.0. The standard InChI is InChI=1S/C21H17F4N5O/c22-17-5-2-6-18(16(17)12-26)30-9-7-29(8-10-30)13-19-27-20(28-31-19)14-3-1-4-15(11-14)21(23,24)25/h1-6,11H,7-10,13H2. The molecule has 31 heavy (non-hydrogen) atoms. The molecular formula is C21H17F4N5O. The maximum atomic E-state index is 13.9. The van der Waals surface area contributed by atoms with Crippen LogP contribution >= 0.6 is 0 Å². The van der Waals surface area contributed by atoms with Gasteiger partial charge >= 0.3 is 6.18 Å². The zero-order valence-corrected chi connectivity index (χ0v) is 16.2. The second-order valence-corrected chi connectivity index (χ2v) is 7.10. The second kappa shape index (κ2) is 8.35. The van der Waals surface area contributed by atoms with Crippen LogP contribution in [0.1, 0.15) is 17.0 Å². The van der Waals surface area contributed by atoms with Crippen LogP contribution in [0.4, 0.5) is 23.2 Å². The Bertz CT molecular complexity index is 1110. The van der Waals surface area contributed by atoms with E-state index in [1.54, 1.807) is 12.1 Å². The van der Waals surface area contributed by atoms with Gasteiger partial charge in [0.15, 0.2) is 0 Å². The highest BCUT2D eigenvalue weighted by Crippen LogP contribution is 2.31. The van der Waals surface area contributed by atoms with Crippen molar-refractivity contribution in [3.8, 4) is 17.5 Å². The molecule has 0 N–H and O–H groups in total. The first-order valence-corrected chi connectivity index (χ1v) is 9.51. The van der Waals surface area contributed by atoms with Gasteiger partial charge in [0.2, 0.25) is 11.7 Å². The lowest BCUT2D eigenvalue weighted by Crippen LogP contribution is -2.46. The average Bonchev–Trinajstić information content (AvgIpc) is 3.22. The predicted molar refractivity (Wildman–Crippen MR) is 103 cm³/mol. The number of benzene rings is 2. The van der Waals surface area contributed by atoms with Gasteiger partial charge in [-0.05, 0) is 24.3 Å². The molecule has 3 aromatic rings. The summed E-state index contributed by atoms with van der Waals surface area (Å²) in [5.74, 6) is -0.155. The third kappa shape index (κ3) is 4.51. The minimum Gasteiger partial charge on any atom is -0.368 e. The third-order valence-corrected chi connectivity index (χ3v) is 5.09. The molecule has 2 aromatic carbocycles. The first-order chi connectivity index (χ1) is 14.8. The number of halogens is 4. The molecule has 1 aliphatic rings. The fourth-order valence-corrected chi connectivity index (χ4v) is 3.50. The van der Waals surface area contributed by atoms with Crippen molar-refractivity contribution in [1.29, 1.82) is 5.26 Å². The van der Waals surface area contributed by atoms with E-state index in [0.29, 0.717) is 44.3 Å². The highest BCUT2D eigenvalue weighted by atomic mass is 19.4. The molecule has 0 aliphatic carbocycles. The van der Waals surface area contributed by atoms with Crippen LogP contribution in [0.15, 0.2) is 47.0 Å². The monoisotopic (exact) mass is 431 g/mol. The van der Waals surface area contributed by atoms with Crippen LogP contribution < -0.4 is 4.90 Å². The molecular weight excluding hydrogens is 414 g/mol. The van der Waals surface area contributed by atoms with Gasteiger partial charge < -0.3 is 9.42 Å².